The summed E-state index contributed by atoms with van der Waals surface area (Å²) >= 11 is 0. The molecule has 0 fully saturated rings. The molecule has 0 unspecified atom stereocenters. The Hall–Kier alpha value is 0.250. The Bertz CT molecular complexity index is 231. The van der Waals surface area contributed by atoms with Crippen LogP contribution >= 0.6 is 0 Å². The molecule has 0 saturated heterocycles. The van der Waals surface area contributed by atoms with E-state index in [2.05, 4.69) is 19.3 Å². The fourth-order valence-corrected chi connectivity index (χ4v) is 4.31. The predicted octanol–water partition coefficient (Wildman–Crippen LogP) is 5.57. The van der Waals surface area contributed by atoms with Crippen LogP contribution in [0.1, 0.15) is 161 Å². The molecule has 0 saturated carbocycles. The van der Waals surface area contributed by atoms with Crippen LogP contribution in [-0.2, 0) is 0 Å². The average Bonchev–Trinajstić information content (AvgIpc) is 2.71. The first-order valence-corrected chi connectivity index (χ1v) is 13.7. The summed E-state index contributed by atoms with van der Waals surface area (Å²) < 4.78 is 0. The summed E-state index contributed by atoms with van der Waals surface area (Å²) in [4.78, 5) is 0. The minimum Gasteiger partial charge on any atom is -1.00 e. The van der Waals surface area contributed by atoms with E-state index in [0.717, 1.165) is 0 Å². The van der Waals surface area contributed by atoms with Crippen molar-refractivity contribution in [1.29, 1.82) is 0 Å². The van der Waals surface area contributed by atoms with Crippen LogP contribution in [-0.4, -0.2) is 13.6 Å². The number of unbranched alkanes of at least 4 members (excludes halogenated alkanes) is 23. The molecule has 0 aromatic heterocycles. The molecule has 0 bridgehead atoms. The highest BCUT2D eigenvalue weighted by Crippen LogP contribution is 2.15. The van der Waals surface area contributed by atoms with Crippen molar-refractivity contribution in [2.75, 3.05) is 13.6 Å². The standard InChI is InChI=1S/C27H57N.ClH/c1-3-4-5-6-7-8-9-10-11-12-13-14-15-16-17-18-19-20-21-22-23-24-25-26-27-28-2;/h28H,3-27H2,1-2H3;1H. The Kier molecular flexibility index (Phi) is 33.0. The van der Waals surface area contributed by atoms with Gasteiger partial charge in [0.15, 0.2) is 0 Å². The number of hydrogen-bond donors (Lipinski definition) is 1. The molecule has 0 radical (unpaired) electrons. The van der Waals surface area contributed by atoms with Gasteiger partial charge < -0.3 is 17.7 Å². The van der Waals surface area contributed by atoms with Crippen molar-refractivity contribution in [2.45, 2.75) is 161 Å². The van der Waals surface area contributed by atoms with Gasteiger partial charge in [-0.1, -0.05) is 148 Å². The Morgan fingerprint density at radius 1 is 0.345 bits per heavy atom. The van der Waals surface area contributed by atoms with Crippen LogP contribution < -0.4 is 17.7 Å². The largest absolute Gasteiger partial charge is 1.00 e. The third-order valence-electron chi connectivity index (χ3n) is 6.35. The van der Waals surface area contributed by atoms with Gasteiger partial charge in [0.25, 0.3) is 0 Å². The Morgan fingerprint density at radius 3 is 0.759 bits per heavy atom. The second-order valence-corrected chi connectivity index (χ2v) is 9.33. The van der Waals surface area contributed by atoms with E-state index in [1.807, 2.05) is 0 Å². The minimum atomic E-state index is 0. The minimum absolute atomic E-state index is 0. The lowest BCUT2D eigenvalue weighted by Crippen LogP contribution is -3.00. The SMILES string of the molecule is CCCCCCCCCCCCCCCCCCCCCCCCCC[NH2+]C.[Cl-]. The van der Waals surface area contributed by atoms with E-state index >= 15 is 0 Å². The lowest BCUT2D eigenvalue weighted by molar-refractivity contribution is -0.627. The van der Waals surface area contributed by atoms with Gasteiger partial charge in [-0.15, -0.1) is 0 Å². The number of quaternary nitrogens is 1. The van der Waals surface area contributed by atoms with Gasteiger partial charge in [-0.3, -0.25) is 0 Å². The average molecular weight is 432 g/mol. The maximum absolute atomic E-state index is 2.30. The van der Waals surface area contributed by atoms with E-state index in [-0.39, 0.29) is 12.4 Å². The molecule has 0 atom stereocenters. The number of rotatable bonds is 25. The van der Waals surface area contributed by atoms with Gasteiger partial charge in [-0.25, -0.2) is 0 Å². The molecule has 0 aliphatic carbocycles. The second kappa shape index (κ2) is 30.4. The monoisotopic (exact) mass is 431 g/mol. The van der Waals surface area contributed by atoms with Crippen LogP contribution in [0.25, 0.3) is 0 Å². The van der Waals surface area contributed by atoms with Crippen LogP contribution in [0.2, 0.25) is 0 Å². The fourth-order valence-electron chi connectivity index (χ4n) is 4.31. The molecule has 178 valence electrons. The molecule has 0 spiro atoms. The van der Waals surface area contributed by atoms with E-state index in [1.165, 1.54) is 161 Å². The molecule has 1 nitrogen and oxygen atoms in total. The zero-order chi connectivity index (χ0) is 20.4. The van der Waals surface area contributed by atoms with Crippen molar-refractivity contribution in [3.63, 3.8) is 0 Å². The van der Waals surface area contributed by atoms with Crippen LogP contribution in [0.5, 0.6) is 0 Å². The zero-order valence-electron chi connectivity index (χ0n) is 20.6. The van der Waals surface area contributed by atoms with Gasteiger partial charge in [0.05, 0.1) is 13.6 Å². The third-order valence-corrected chi connectivity index (χ3v) is 6.35. The van der Waals surface area contributed by atoms with Crippen molar-refractivity contribution in [2.24, 2.45) is 0 Å². The van der Waals surface area contributed by atoms with Gasteiger partial charge in [-0.2, -0.15) is 0 Å². The van der Waals surface area contributed by atoms with Gasteiger partial charge in [-0.05, 0) is 12.8 Å². The molecule has 0 amide bonds. The summed E-state index contributed by atoms with van der Waals surface area (Å²) in [6, 6.07) is 0. The van der Waals surface area contributed by atoms with Crippen molar-refractivity contribution >= 4 is 0 Å². The lowest BCUT2D eigenvalue weighted by atomic mass is 10.0. The van der Waals surface area contributed by atoms with Crippen molar-refractivity contribution in [3.05, 3.63) is 0 Å². The maximum Gasteiger partial charge on any atom is 0.0753 e. The van der Waals surface area contributed by atoms with Crippen LogP contribution in [0.4, 0.5) is 0 Å². The van der Waals surface area contributed by atoms with E-state index in [1.54, 1.807) is 0 Å². The Labute approximate surface area is 192 Å². The van der Waals surface area contributed by atoms with Crippen LogP contribution in [0.15, 0.2) is 0 Å². The number of hydrogen-bond acceptors (Lipinski definition) is 0. The molecular weight excluding hydrogens is 374 g/mol. The molecular formula is C27H58ClN. The molecule has 0 rings (SSSR count). The highest BCUT2D eigenvalue weighted by molar-refractivity contribution is 4.51. The number of nitrogens with two attached hydrogens (primary N) is 1. The summed E-state index contributed by atoms with van der Waals surface area (Å²) in [5, 5.41) is 2.30. The first-order chi connectivity index (χ1) is 13.9. The van der Waals surface area contributed by atoms with Crippen molar-refractivity contribution < 1.29 is 17.7 Å². The Morgan fingerprint density at radius 2 is 0.552 bits per heavy atom. The fraction of sp³-hybridized carbons (Fsp3) is 1.00. The molecule has 0 heterocycles. The normalized spacial score (nSPS) is 11.0. The molecule has 0 aliphatic heterocycles. The summed E-state index contributed by atoms with van der Waals surface area (Å²) in [6.07, 6.45) is 35.4. The number of halogens is 1. The first kappa shape index (κ1) is 31.4. The molecule has 2 N–H and O–H groups in total. The highest BCUT2D eigenvalue weighted by atomic mass is 35.5. The van der Waals surface area contributed by atoms with Gasteiger partial charge in [0, 0.05) is 0 Å². The maximum atomic E-state index is 2.30. The summed E-state index contributed by atoms with van der Waals surface area (Å²) in [5.41, 5.74) is 0. The third kappa shape index (κ3) is 30.5. The predicted molar refractivity (Wildman–Crippen MR) is 129 cm³/mol. The van der Waals surface area contributed by atoms with E-state index in [9.17, 15) is 0 Å². The smallest absolute Gasteiger partial charge is 0.0753 e. The van der Waals surface area contributed by atoms with Gasteiger partial charge in [0.2, 0.25) is 0 Å². The second-order valence-electron chi connectivity index (χ2n) is 9.33. The van der Waals surface area contributed by atoms with Crippen molar-refractivity contribution in [1.82, 2.24) is 0 Å². The van der Waals surface area contributed by atoms with E-state index in [4.69, 9.17) is 0 Å². The molecule has 2 heteroatoms. The summed E-state index contributed by atoms with van der Waals surface area (Å²) in [6.45, 7) is 3.62. The summed E-state index contributed by atoms with van der Waals surface area (Å²) in [7, 11) is 2.18. The van der Waals surface area contributed by atoms with E-state index < -0.39 is 0 Å². The molecule has 0 aromatic rings. The lowest BCUT2D eigenvalue weighted by Gasteiger charge is -2.04. The Balaban J connectivity index is 0. The molecule has 0 aliphatic rings. The van der Waals surface area contributed by atoms with Gasteiger partial charge in [0.1, 0.15) is 0 Å². The van der Waals surface area contributed by atoms with Crippen LogP contribution in [0, 0.1) is 0 Å². The quantitative estimate of drug-likeness (QED) is 0.182. The van der Waals surface area contributed by atoms with Crippen molar-refractivity contribution in [3.8, 4) is 0 Å². The van der Waals surface area contributed by atoms with Crippen LogP contribution in [0.3, 0.4) is 0 Å². The molecule has 29 heavy (non-hydrogen) atoms. The molecule has 0 aromatic carbocycles. The van der Waals surface area contributed by atoms with E-state index in [0.29, 0.717) is 0 Å². The first-order valence-electron chi connectivity index (χ1n) is 13.7. The summed E-state index contributed by atoms with van der Waals surface area (Å²) in [5.74, 6) is 0. The topological polar surface area (TPSA) is 16.6 Å². The highest BCUT2D eigenvalue weighted by Gasteiger charge is 1.96. The zero-order valence-corrected chi connectivity index (χ0v) is 21.4. The van der Waals surface area contributed by atoms with Gasteiger partial charge >= 0.3 is 0 Å².